The Kier molecular flexibility index (Phi) is 2.63. The SMILES string of the molecule is CCN1C(=O)C(NC)c2c(F)cc(F)cc21. The van der Waals surface area contributed by atoms with Crippen LogP contribution in [0.1, 0.15) is 18.5 Å². The van der Waals surface area contributed by atoms with Crippen molar-refractivity contribution < 1.29 is 13.6 Å². The van der Waals surface area contributed by atoms with E-state index in [-0.39, 0.29) is 11.5 Å². The fourth-order valence-corrected chi connectivity index (χ4v) is 2.07. The molecule has 1 heterocycles. The summed E-state index contributed by atoms with van der Waals surface area (Å²) in [6.45, 7) is 2.16. The van der Waals surface area contributed by atoms with E-state index in [1.165, 1.54) is 11.0 Å². The van der Waals surface area contributed by atoms with Gasteiger partial charge in [-0.05, 0) is 20.0 Å². The fraction of sp³-hybridized carbons (Fsp3) is 0.364. The number of anilines is 1. The number of amides is 1. The van der Waals surface area contributed by atoms with Gasteiger partial charge in [0, 0.05) is 18.2 Å². The molecule has 0 bridgehead atoms. The largest absolute Gasteiger partial charge is 0.310 e. The van der Waals surface area contributed by atoms with E-state index in [4.69, 9.17) is 0 Å². The maximum Gasteiger partial charge on any atom is 0.248 e. The van der Waals surface area contributed by atoms with Gasteiger partial charge in [0.05, 0.1) is 5.69 Å². The minimum atomic E-state index is -0.712. The highest BCUT2D eigenvalue weighted by molar-refractivity contribution is 6.04. The molecule has 1 unspecified atom stereocenters. The molecule has 1 aliphatic rings. The van der Waals surface area contributed by atoms with Crippen LogP contribution in [0.3, 0.4) is 0 Å². The molecule has 2 rings (SSSR count). The molecule has 1 aromatic rings. The lowest BCUT2D eigenvalue weighted by atomic mass is 10.1. The standard InChI is InChI=1S/C11H12F2N2O/c1-3-15-8-5-6(12)4-7(13)9(8)10(14-2)11(15)16/h4-5,10,14H,3H2,1-2H3. The van der Waals surface area contributed by atoms with E-state index in [1.807, 2.05) is 0 Å². The molecule has 1 aliphatic heterocycles. The van der Waals surface area contributed by atoms with Gasteiger partial charge in [0.25, 0.3) is 0 Å². The van der Waals surface area contributed by atoms with Gasteiger partial charge in [-0.3, -0.25) is 4.79 Å². The number of halogens is 2. The molecule has 1 aromatic carbocycles. The van der Waals surface area contributed by atoms with Crippen LogP contribution in [0.4, 0.5) is 14.5 Å². The van der Waals surface area contributed by atoms with E-state index >= 15 is 0 Å². The Morgan fingerprint density at radius 2 is 2.12 bits per heavy atom. The summed E-state index contributed by atoms with van der Waals surface area (Å²) >= 11 is 0. The van der Waals surface area contributed by atoms with Gasteiger partial charge in [0.15, 0.2) is 0 Å². The number of hydrogen-bond donors (Lipinski definition) is 1. The van der Waals surface area contributed by atoms with Crippen molar-refractivity contribution in [2.75, 3.05) is 18.5 Å². The van der Waals surface area contributed by atoms with Gasteiger partial charge in [-0.15, -0.1) is 0 Å². The number of nitrogens with one attached hydrogen (secondary N) is 1. The number of nitrogens with zero attached hydrogens (tertiary/aromatic N) is 1. The lowest BCUT2D eigenvalue weighted by Gasteiger charge is -2.14. The van der Waals surface area contributed by atoms with Crippen LogP contribution in [0.25, 0.3) is 0 Å². The zero-order chi connectivity index (χ0) is 11.9. The topological polar surface area (TPSA) is 32.3 Å². The molecule has 1 amide bonds. The highest BCUT2D eigenvalue weighted by atomic mass is 19.1. The van der Waals surface area contributed by atoms with Gasteiger partial charge in [-0.2, -0.15) is 0 Å². The van der Waals surface area contributed by atoms with E-state index in [0.29, 0.717) is 12.2 Å². The Morgan fingerprint density at radius 1 is 1.44 bits per heavy atom. The molecule has 0 aromatic heterocycles. The summed E-state index contributed by atoms with van der Waals surface area (Å²) in [5.41, 5.74) is 0.556. The second-order valence-corrected chi connectivity index (χ2v) is 3.62. The van der Waals surface area contributed by atoms with Gasteiger partial charge in [-0.1, -0.05) is 0 Å². The van der Waals surface area contributed by atoms with Crippen LogP contribution < -0.4 is 10.2 Å². The number of hydrogen-bond acceptors (Lipinski definition) is 2. The van der Waals surface area contributed by atoms with Crippen molar-refractivity contribution in [2.45, 2.75) is 13.0 Å². The van der Waals surface area contributed by atoms with E-state index in [9.17, 15) is 13.6 Å². The third-order valence-corrected chi connectivity index (χ3v) is 2.77. The first-order valence-corrected chi connectivity index (χ1v) is 5.07. The minimum absolute atomic E-state index is 0.232. The van der Waals surface area contributed by atoms with Gasteiger partial charge >= 0.3 is 0 Å². The first-order valence-electron chi connectivity index (χ1n) is 5.07. The Labute approximate surface area is 92.1 Å². The molecule has 0 saturated carbocycles. The second kappa shape index (κ2) is 3.83. The van der Waals surface area contributed by atoms with Crippen molar-refractivity contribution in [2.24, 2.45) is 0 Å². The summed E-state index contributed by atoms with van der Waals surface area (Å²) in [7, 11) is 1.58. The fourth-order valence-electron chi connectivity index (χ4n) is 2.07. The molecule has 0 saturated heterocycles. The van der Waals surface area contributed by atoms with Crippen molar-refractivity contribution in [3.8, 4) is 0 Å². The highest BCUT2D eigenvalue weighted by Gasteiger charge is 2.38. The summed E-state index contributed by atoms with van der Waals surface area (Å²) in [5, 5.41) is 2.74. The number of carbonyl (C=O) groups is 1. The Bertz CT molecular complexity index is 448. The zero-order valence-electron chi connectivity index (χ0n) is 9.05. The number of carbonyl (C=O) groups excluding carboxylic acids is 1. The van der Waals surface area contributed by atoms with E-state index in [2.05, 4.69) is 5.32 Å². The van der Waals surface area contributed by atoms with Crippen molar-refractivity contribution in [3.63, 3.8) is 0 Å². The highest BCUT2D eigenvalue weighted by Crippen LogP contribution is 2.37. The average molecular weight is 226 g/mol. The predicted molar refractivity (Wildman–Crippen MR) is 56.2 cm³/mol. The van der Waals surface area contributed by atoms with Gasteiger partial charge in [0.1, 0.15) is 17.7 Å². The van der Waals surface area contributed by atoms with Crippen LogP contribution in [0, 0.1) is 11.6 Å². The molecule has 0 aliphatic carbocycles. The Hall–Kier alpha value is -1.49. The van der Waals surface area contributed by atoms with Crippen molar-refractivity contribution in [1.29, 1.82) is 0 Å². The molecule has 5 heteroatoms. The molecule has 1 N–H and O–H groups in total. The van der Waals surface area contributed by atoms with Crippen LogP contribution in [-0.4, -0.2) is 19.5 Å². The van der Waals surface area contributed by atoms with Crippen molar-refractivity contribution in [1.82, 2.24) is 5.32 Å². The molecule has 16 heavy (non-hydrogen) atoms. The summed E-state index contributed by atoms with van der Waals surface area (Å²) in [6.07, 6.45) is 0. The van der Waals surface area contributed by atoms with Crippen LogP contribution in [0.5, 0.6) is 0 Å². The zero-order valence-corrected chi connectivity index (χ0v) is 9.05. The summed E-state index contributed by atoms with van der Waals surface area (Å²) in [5.74, 6) is -1.59. The molecule has 3 nitrogen and oxygen atoms in total. The molecule has 0 fully saturated rings. The third kappa shape index (κ3) is 1.39. The van der Waals surface area contributed by atoms with Gasteiger partial charge < -0.3 is 10.2 Å². The summed E-state index contributed by atoms with van der Waals surface area (Å²) < 4.78 is 26.7. The second-order valence-electron chi connectivity index (χ2n) is 3.62. The van der Waals surface area contributed by atoms with Crippen molar-refractivity contribution >= 4 is 11.6 Å². The summed E-state index contributed by atoms with van der Waals surface area (Å²) in [4.78, 5) is 13.2. The molecular formula is C11H12F2N2O. The Balaban J connectivity index is 2.63. The quantitative estimate of drug-likeness (QED) is 0.830. The maximum atomic E-state index is 13.6. The predicted octanol–water partition coefficient (Wildman–Crippen LogP) is 1.59. The van der Waals surface area contributed by atoms with E-state index in [0.717, 1.165) is 6.07 Å². The smallest absolute Gasteiger partial charge is 0.248 e. The normalized spacial score (nSPS) is 19.1. The van der Waals surface area contributed by atoms with Crippen LogP contribution in [0.15, 0.2) is 12.1 Å². The van der Waals surface area contributed by atoms with Crippen LogP contribution in [0.2, 0.25) is 0 Å². The van der Waals surface area contributed by atoms with Gasteiger partial charge in [0.2, 0.25) is 5.91 Å². The average Bonchev–Trinajstić information content (AvgIpc) is 2.49. The molecule has 0 spiro atoms. The number of fused-ring (bicyclic) bond motifs is 1. The molecule has 0 radical (unpaired) electrons. The number of benzene rings is 1. The number of rotatable bonds is 2. The maximum absolute atomic E-state index is 13.6. The van der Waals surface area contributed by atoms with E-state index in [1.54, 1.807) is 14.0 Å². The molecular weight excluding hydrogens is 214 g/mol. The first kappa shape index (κ1) is 11.0. The Morgan fingerprint density at radius 3 is 2.69 bits per heavy atom. The van der Waals surface area contributed by atoms with Crippen LogP contribution in [-0.2, 0) is 4.79 Å². The molecule has 86 valence electrons. The van der Waals surface area contributed by atoms with Crippen molar-refractivity contribution in [3.05, 3.63) is 29.3 Å². The van der Waals surface area contributed by atoms with Gasteiger partial charge in [-0.25, -0.2) is 8.78 Å². The van der Waals surface area contributed by atoms with E-state index < -0.39 is 17.7 Å². The lowest BCUT2D eigenvalue weighted by molar-refractivity contribution is -0.119. The first-order chi connectivity index (χ1) is 7.60. The number of likely N-dealkylation sites (N-methyl/N-ethyl adjacent to an activating group) is 2. The summed E-state index contributed by atoms with van der Waals surface area (Å²) in [6, 6.07) is 1.28. The molecule has 1 atom stereocenters. The lowest BCUT2D eigenvalue weighted by Crippen LogP contribution is -2.33. The minimum Gasteiger partial charge on any atom is -0.310 e. The monoisotopic (exact) mass is 226 g/mol. The van der Waals surface area contributed by atoms with Crippen LogP contribution >= 0.6 is 0 Å². The third-order valence-electron chi connectivity index (χ3n) is 2.77.